The SMILES string of the molecule is COc1ccc(CC[C@@H](OC(=O)[C@@H]2CCCCN2C(=O)[C@@H](CN2CCOCC2)c2cc(OC)c(OC)c(OC)c2)c2cccc(OCC(=O)O)c2)cc1OC. The number of carboxylic acid groups (broad SMARTS) is 1. The first-order valence-corrected chi connectivity index (χ1v) is 18.5. The van der Waals surface area contributed by atoms with Crippen molar-refractivity contribution < 1.29 is 57.4 Å². The van der Waals surface area contributed by atoms with Gasteiger partial charge in [0, 0.05) is 26.2 Å². The first kappa shape index (κ1) is 41.0. The molecule has 14 nitrogen and oxygen atoms in total. The van der Waals surface area contributed by atoms with Gasteiger partial charge < -0.3 is 47.9 Å². The number of nitrogens with zero attached hydrogens (tertiary/aromatic N) is 2. The molecule has 1 amide bonds. The lowest BCUT2D eigenvalue weighted by atomic mass is 9.92. The van der Waals surface area contributed by atoms with E-state index in [2.05, 4.69) is 4.90 Å². The van der Waals surface area contributed by atoms with Crippen molar-refractivity contribution in [2.75, 3.05) is 81.5 Å². The Balaban J connectivity index is 1.44. The van der Waals surface area contributed by atoms with Crippen LogP contribution in [0.25, 0.3) is 0 Å². The molecule has 5 rings (SSSR count). The minimum atomic E-state index is -1.11. The molecule has 3 aromatic carbocycles. The zero-order valence-electron chi connectivity index (χ0n) is 32.2. The Labute approximate surface area is 322 Å². The largest absolute Gasteiger partial charge is 0.493 e. The number of hydrogen-bond donors (Lipinski definition) is 1. The minimum Gasteiger partial charge on any atom is -0.493 e. The third kappa shape index (κ3) is 10.5. The van der Waals surface area contributed by atoms with Crippen LogP contribution < -0.4 is 28.4 Å². The molecular weight excluding hydrogens is 712 g/mol. The van der Waals surface area contributed by atoms with Crippen molar-refractivity contribution in [3.8, 4) is 34.5 Å². The maximum Gasteiger partial charge on any atom is 0.341 e. The van der Waals surface area contributed by atoms with Crippen molar-refractivity contribution >= 4 is 17.8 Å². The number of carbonyl (C=O) groups is 3. The number of morpholine rings is 1. The number of methoxy groups -OCH3 is 5. The van der Waals surface area contributed by atoms with Crippen LogP contribution in [0.5, 0.6) is 34.5 Å². The number of amides is 1. The molecule has 0 spiro atoms. The molecule has 0 unspecified atom stereocenters. The molecule has 1 N–H and O–H groups in total. The highest BCUT2D eigenvalue weighted by atomic mass is 16.5. The molecule has 2 fully saturated rings. The monoisotopic (exact) mass is 764 g/mol. The van der Waals surface area contributed by atoms with Crippen LogP contribution in [0.1, 0.15) is 54.4 Å². The van der Waals surface area contributed by atoms with Gasteiger partial charge in [-0.25, -0.2) is 9.59 Å². The normalized spacial score (nSPS) is 17.0. The molecule has 0 bridgehead atoms. The Morgan fingerprint density at radius 3 is 2.16 bits per heavy atom. The molecule has 2 aliphatic heterocycles. The van der Waals surface area contributed by atoms with Gasteiger partial charge in [-0.05, 0) is 85.2 Å². The molecule has 14 heteroatoms. The second-order valence-corrected chi connectivity index (χ2v) is 13.4. The van der Waals surface area contributed by atoms with Crippen LogP contribution in [-0.2, 0) is 30.3 Å². The summed E-state index contributed by atoms with van der Waals surface area (Å²) in [5, 5.41) is 9.18. The van der Waals surface area contributed by atoms with E-state index in [0.717, 1.165) is 18.4 Å². The molecule has 3 atom stereocenters. The number of carboxylic acids is 1. The third-order valence-corrected chi connectivity index (χ3v) is 9.98. The molecule has 298 valence electrons. The topological polar surface area (TPSA) is 152 Å². The summed E-state index contributed by atoms with van der Waals surface area (Å²) in [5.74, 6) is 0.291. The molecule has 2 aliphatic rings. The van der Waals surface area contributed by atoms with Crippen LogP contribution >= 0.6 is 0 Å². The second kappa shape index (κ2) is 19.9. The van der Waals surface area contributed by atoms with Gasteiger partial charge >= 0.3 is 11.9 Å². The molecule has 55 heavy (non-hydrogen) atoms. The Morgan fingerprint density at radius 1 is 0.800 bits per heavy atom. The van der Waals surface area contributed by atoms with Crippen LogP contribution in [0.15, 0.2) is 54.6 Å². The van der Waals surface area contributed by atoms with Gasteiger partial charge in [0.15, 0.2) is 29.6 Å². The van der Waals surface area contributed by atoms with E-state index in [9.17, 15) is 19.5 Å². The van der Waals surface area contributed by atoms with E-state index in [1.165, 1.54) is 21.3 Å². The zero-order chi connectivity index (χ0) is 39.3. The fraction of sp³-hybridized carbons (Fsp3) is 0.488. The van der Waals surface area contributed by atoms with E-state index in [-0.39, 0.29) is 5.91 Å². The molecule has 3 aromatic rings. The lowest BCUT2D eigenvalue weighted by Crippen LogP contribution is -2.52. The molecule has 2 heterocycles. The summed E-state index contributed by atoms with van der Waals surface area (Å²) in [6.45, 7) is 2.71. The van der Waals surface area contributed by atoms with Crippen molar-refractivity contribution in [2.24, 2.45) is 0 Å². The van der Waals surface area contributed by atoms with Gasteiger partial charge in [-0.3, -0.25) is 9.69 Å². The number of aliphatic carboxylic acids is 1. The van der Waals surface area contributed by atoms with Gasteiger partial charge in [0.2, 0.25) is 11.7 Å². The van der Waals surface area contributed by atoms with Gasteiger partial charge in [0.05, 0.1) is 54.7 Å². The average molecular weight is 765 g/mol. The van der Waals surface area contributed by atoms with Crippen molar-refractivity contribution in [1.29, 1.82) is 0 Å². The molecule has 0 aliphatic carbocycles. The quantitative estimate of drug-likeness (QED) is 0.175. The lowest BCUT2D eigenvalue weighted by Gasteiger charge is -2.38. The van der Waals surface area contributed by atoms with Gasteiger partial charge in [-0.1, -0.05) is 18.2 Å². The minimum absolute atomic E-state index is 0.201. The van der Waals surface area contributed by atoms with Crippen LogP contribution in [0.3, 0.4) is 0 Å². The molecule has 2 saturated heterocycles. The van der Waals surface area contributed by atoms with Crippen molar-refractivity contribution in [2.45, 2.75) is 50.2 Å². The Morgan fingerprint density at radius 2 is 1.51 bits per heavy atom. The smallest absolute Gasteiger partial charge is 0.341 e. The highest BCUT2D eigenvalue weighted by Gasteiger charge is 2.39. The second-order valence-electron chi connectivity index (χ2n) is 13.4. The van der Waals surface area contributed by atoms with Gasteiger partial charge in [-0.2, -0.15) is 0 Å². The molecule has 0 aromatic heterocycles. The summed E-state index contributed by atoms with van der Waals surface area (Å²) in [6.07, 6.45) is 2.07. The number of carbonyl (C=O) groups excluding carboxylic acids is 2. The number of aryl methyl sites for hydroxylation is 1. The van der Waals surface area contributed by atoms with E-state index in [1.54, 1.807) is 49.5 Å². The van der Waals surface area contributed by atoms with E-state index in [4.69, 9.17) is 37.9 Å². The standard InChI is InChI=1S/C41H52N2O12/c1-48-34-15-13-27(21-35(34)49-2)12-14-33(28-9-8-10-30(22-28)54-26-38(44)45)55-41(47)32-11-6-7-16-43(32)40(46)31(25-42-17-19-53-20-18-42)29-23-36(50-3)39(52-5)37(24-29)51-4/h8-10,13,15,21-24,31-33H,6-7,11-12,14,16-20,25-26H2,1-5H3,(H,44,45)/t31-,32-,33+/m0/s1. The summed E-state index contributed by atoms with van der Waals surface area (Å²) in [5.41, 5.74) is 2.24. The Kier molecular flexibility index (Phi) is 14.8. The molecular formula is C41H52N2O12. The fourth-order valence-electron chi connectivity index (χ4n) is 7.11. The number of ether oxygens (including phenoxy) is 8. The first-order chi connectivity index (χ1) is 26.7. The maximum atomic E-state index is 14.9. The van der Waals surface area contributed by atoms with Crippen LogP contribution in [0.4, 0.5) is 0 Å². The summed E-state index contributed by atoms with van der Waals surface area (Å²) in [6, 6.07) is 15.3. The van der Waals surface area contributed by atoms with Gasteiger partial charge in [0.25, 0.3) is 0 Å². The van der Waals surface area contributed by atoms with Crippen LogP contribution in [0.2, 0.25) is 0 Å². The average Bonchev–Trinajstić information content (AvgIpc) is 3.22. The van der Waals surface area contributed by atoms with Gasteiger partial charge in [-0.15, -0.1) is 0 Å². The Hall–Kier alpha value is -5.21. The van der Waals surface area contributed by atoms with E-state index in [1.807, 2.05) is 24.3 Å². The summed E-state index contributed by atoms with van der Waals surface area (Å²) < 4.78 is 45.2. The van der Waals surface area contributed by atoms with Crippen molar-refractivity contribution in [1.82, 2.24) is 9.80 Å². The van der Waals surface area contributed by atoms with Crippen molar-refractivity contribution in [3.05, 3.63) is 71.3 Å². The number of hydrogen-bond acceptors (Lipinski definition) is 12. The van der Waals surface area contributed by atoms with E-state index in [0.29, 0.717) is 104 Å². The highest BCUT2D eigenvalue weighted by molar-refractivity contribution is 5.89. The third-order valence-electron chi connectivity index (χ3n) is 9.98. The number of esters is 1. The predicted octanol–water partition coefficient (Wildman–Crippen LogP) is 4.91. The molecule has 0 radical (unpaired) electrons. The Bertz CT molecular complexity index is 1740. The maximum absolute atomic E-state index is 14.9. The fourth-order valence-corrected chi connectivity index (χ4v) is 7.11. The molecule has 0 saturated carbocycles. The highest BCUT2D eigenvalue weighted by Crippen LogP contribution is 2.41. The van der Waals surface area contributed by atoms with E-state index >= 15 is 0 Å². The van der Waals surface area contributed by atoms with Crippen molar-refractivity contribution in [3.63, 3.8) is 0 Å². The number of benzene rings is 3. The summed E-state index contributed by atoms with van der Waals surface area (Å²) in [7, 11) is 7.74. The van der Waals surface area contributed by atoms with Crippen LogP contribution in [0, 0.1) is 0 Å². The van der Waals surface area contributed by atoms with Gasteiger partial charge in [0.1, 0.15) is 17.9 Å². The number of likely N-dealkylation sites (tertiary alicyclic amines) is 1. The first-order valence-electron chi connectivity index (χ1n) is 18.5. The zero-order valence-corrected chi connectivity index (χ0v) is 32.2. The van der Waals surface area contributed by atoms with Crippen LogP contribution in [-0.4, -0.2) is 120 Å². The lowest BCUT2D eigenvalue weighted by molar-refractivity contribution is -0.162. The number of rotatable bonds is 18. The van der Waals surface area contributed by atoms with E-state index < -0.39 is 36.6 Å². The number of piperidine rings is 1. The predicted molar refractivity (Wildman–Crippen MR) is 202 cm³/mol. The summed E-state index contributed by atoms with van der Waals surface area (Å²) in [4.78, 5) is 44.3. The summed E-state index contributed by atoms with van der Waals surface area (Å²) >= 11 is 0.